The second kappa shape index (κ2) is 13.4. The van der Waals surface area contributed by atoms with E-state index in [1.807, 2.05) is 17.5 Å². The van der Waals surface area contributed by atoms with Gasteiger partial charge in [0.1, 0.15) is 0 Å². The van der Waals surface area contributed by atoms with Gasteiger partial charge in [-0.15, -0.1) is 11.3 Å². The minimum atomic E-state index is -5.08. The third kappa shape index (κ3) is 9.49. The molecule has 0 saturated carbocycles. The lowest BCUT2D eigenvalue weighted by Gasteiger charge is -2.31. The van der Waals surface area contributed by atoms with E-state index in [9.17, 15) is 26.4 Å². The fraction of sp³-hybridized carbons (Fsp3) is 0.700. The molecule has 0 spiro atoms. The number of thiophene rings is 1. The van der Waals surface area contributed by atoms with Gasteiger partial charge in [0, 0.05) is 45.8 Å². The van der Waals surface area contributed by atoms with Crippen molar-refractivity contribution in [3.8, 4) is 0 Å². The molecule has 3 heterocycles. The van der Waals surface area contributed by atoms with Crippen molar-refractivity contribution in [1.82, 2.24) is 19.4 Å². The Morgan fingerprint density at radius 3 is 2.24 bits per heavy atom. The molecule has 0 aliphatic carbocycles. The Morgan fingerprint density at radius 1 is 1.09 bits per heavy atom. The predicted molar refractivity (Wildman–Crippen MR) is 122 cm³/mol. The van der Waals surface area contributed by atoms with Crippen LogP contribution in [-0.2, 0) is 14.8 Å². The molecule has 1 aromatic rings. The van der Waals surface area contributed by atoms with E-state index in [1.54, 1.807) is 9.21 Å². The molecule has 0 atom stereocenters. The molecule has 34 heavy (non-hydrogen) atoms. The van der Waals surface area contributed by atoms with Gasteiger partial charge in [0.05, 0.1) is 10.6 Å². The van der Waals surface area contributed by atoms with Crippen molar-refractivity contribution < 1.29 is 36.3 Å². The Kier molecular flexibility index (Phi) is 11.2. The molecule has 14 heteroatoms. The molecule has 0 unspecified atom stereocenters. The molecular formula is C20H31F3N4O5S2. The first kappa shape index (κ1) is 28.5. The van der Waals surface area contributed by atoms with Gasteiger partial charge in [-0.2, -0.15) is 17.5 Å². The Hall–Kier alpha value is -1.74. The van der Waals surface area contributed by atoms with Crippen LogP contribution >= 0.6 is 11.3 Å². The van der Waals surface area contributed by atoms with Gasteiger partial charge in [-0.25, -0.2) is 13.2 Å². The number of halogens is 3. The van der Waals surface area contributed by atoms with Crippen LogP contribution < -0.4 is 5.32 Å². The summed E-state index contributed by atoms with van der Waals surface area (Å²) in [6, 6.07) is 3.67. The number of aliphatic carboxylic acids is 1. The first-order chi connectivity index (χ1) is 16.0. The minimum Gasteiger partial charge on any atom is -0.475 e. The molecule has 2 aliphatic rings. The number of carboxylic acid groups (broad SMARTS) is 1. The maximum absolute atomic E-state index is 12.9. The van der Waals surface area contributed by atoms with E-state index in [1.165, 1.54) is 30.6 Å². The standard InChI is InChI=1S/C18H30N4O3S2.C2HF3O2/c23-18(17-5-4-15-26-17)21(13-12-20-8-2-1-3-9-20)14-16-27(24,25)22-10-6-19-7-11-22;3-2(4,5)1(6)7/h4-5,15,19H,1-3,6-14,16H2;(H,6,7). The predicted octanol–water partition coefficient (Wildman–Crippen LogP) is 1.54. The number of carbonyl (C=O) groups excluding carboxylic acids is 1. The average molecular weight is 529 g/mol. The molecule has 0 aromatic carbocycles. The van der Waals surface area contributed by atoms with Crippen LogP contribution in [0.2, 0.25) is 0 Å². The Morgan fingerprint density at radius 2 is 1.71 bits per heavy atom. The normalized spacial score (nSPS) is 18.1. The zero-order chi connectivity index (χ0) is 25.2. The number of carboxylic acids is 1. The summed E-state index contributed by atoms with van der Waals surface area (Å²) >= 11 is 1.41. The average Bonchev–Trinajstić information content (AvgIpc) is 3.35. The molecular weight excluding hydrogens is 497 g/mol. The van der Waals surface area contributed by atoms with E-state index in [-0.39, 0.29) is 18.2 Å². The van der Waals surface area contributed by atoms with Crippen molar-refractivity contribution in [3.63, 3.8) is 0 Å². The van der Waals surface area contributed by atoms with E-state index in [2.05, 4.69) is 10.2 Å². The number of piperazine rings is 1. The van der Waals surface area contributed by atoms with Crippen LogP contribution in [0.3, 0.4) is 0 Å². The van der Waals surface area contributed by atoms with Crippen molar-refractivity contribution in [3.05, 3.63) is 22.4 Å². The van der Waals surface area contributed by atoms with E-state index < -0.39 is 22.2 Å². The van der Waals surface area contributed by atoms with Crippen molar-refractivity contribution in [2.24, 2.45) is 0 Å². The highest BCUT2D eigenvalue weighted by Gasteiger charge is 2.38. The second-order valence-electron chi connectivity index (χ2n) is 7.94. The lowest BCUT2D eigenvalue weighted by Crippen LogP contribution is -2.49. The molecule has 3 rings (SSSR count). The van der Waals surface area contributed by atoms with Crippen LogP contribution in [0.5, 0.6) is 0 Å². The molecule has 0 radical (unpaired) electrons. The zero-order valence-electron chi connectivity index (χ0n) is 18.8. The first-order valence-electron chi connectivity index (χ1n) is 11.0. The molecule has 2 saturated heterocycles. The van der Waals surface area contributed by atoms with Crippen LogP contribution in [0.4, 0.5) is 13.2 Å². The molecule has 1 amide bonds. The summed E-state index contributed by atoms with van der Waals surface area (Å²) in [5.74, 6) is -2.82. The van der Waals surface area contributed by atoms with E-state index in [0.29, 0.717) is 37.6 Å². The Bertz CT molecular complexity index is 869. The summed E-state index contributed by atoms with van der Waals surface area (Å²) in [7, 11) is -3.33. The topological polar surface area (TPSA) is 110 Å². The fourth-order valence-corrected chi connectivity index (χ4v) is 5.73. The van der Waals surface area contributed by atoms with Gasteiger partial charge in [-0.3, -0.25) is 4.79 Å². The molecule has 9 nitrogen and oxygen atoms in total. The molecule has 2 aliphatic heterocycles. The molecule has 194 valence electrons. The highest BCUT2D eigenvalue weighted by atomic mass is 32.2. The fourth-order valence-electron chi connectivity index (χ4n) is 3.59. The van der Waals surface area contributed by atoms with Gasteiger partial charge in [-0.1, -0.05) is 12.5 Å². The van der Waals surface area contributed by atoms with Gasteiger partial charge in [0.25, 0.3) is 5.91 Å². The highest BCUT2D eigenvalue weighted by Crippen LogP contribution is 2.15. The van der Waals surface area contributed by atoms with Crippen molar-refractivity contribution in [1.29, 1.82) is 0 Å². The molecule has 2 fully saturated rings. The summed E-state index contributed by atoms with van der Waals surface area (Å²) in [6.45, 7) is 6.16. The Labute approximate surface area is 201 Å². The number of carbonyl (C=O) groups is 2. The van der Waals surface area contributed by atoms with Crippen molar-refractivity contribution in [2.75, 3.05) is 64.7 Å². The lowest BCUT2D eigenvalue weighted by atomic mass is 10.1. The number of rotatable bonds is 8. The number of hydrogen-bond donors (Lipinski definition) is 2. The summed E-state index contributed by atoms with van der Waals surface area (Å²) in [4.78, 5) is 26.5. The quantitative estimate of drug-likeness (QED) is 0.527. The minimum absolute atomic E-state index is 0.00981. The summed E-state index contributed by atoms with van der Waals surface area (Å²) < 4.78 is 58.6. The molecule has 1 aromatic heterocycles. The highest BCUT2D eigenvalue weighted by molar-refractivity contribution is 7.89. The van der Waals surface area contributed by atoms with Crippen LogP contribution in [0.1, 0.15) is 28.9 Å². The third-order valence-electron chi connectivity index (χ3n) is 5.49. The number of alkyl halides is 3. The number of nitrogens with zero attached hydrogens (tertiary/aromatic N) is 3. The van der Waals surface area contributed by atoms with Crippen LogP contribution in [0, 0.1) is 0 Å². The van der Waals surface area contributed by atoms with Crippen LogP contribution in [-0.4, -0.2) is 110 Å². The molecule has 0 bridgehead atoms. The van der Waals surface area contributed by atoms with Crippen LogP contribution in [0.25, 0.3) is 0 Å². The SMILES string of the molecule is O=C(O)C(F)(F)F.O=C(c1cccs1)N(CCN1CCCCC1)CCS(=O)(=O)N1CCNCC1. The smallest absolute Gasteiger partial charge is 0.475 e. The largest absolute Gasteiger partial charge is 0.490 e. The van der Waals surface area contributed by atoms with Crippen LogP contribution in [0.15, 0.2) is 17.5 Å². The number of amides is 1. The zero-order valence-corrected chi connectivity index (χ0v) is 20.4. The summed E-state index contributed by atoms with van der Waals surface area (Å²) in [5, 5.41) is 12.2. The second-order valence-corrected chi connectivity index (χ2v) is 11.0. The summed E-state index contributed by atoms with van der Waals surface area (Å²) in [6.07, 6.45) is -1.40. The summed E-state index contributed by atoms with van der Waals surface area (Å²) in [5.41, 5.74) is 0. The number of nitrogens with one attached hydrogen (secondary N) is 1. The van der Waals surface area contributed by atoms with Gasteiger partial charge >= 0.3 is 12.1 Å². The van der Waals surface area contributed by atoms with Gasteiger partial charge in [0.2, 0.25) is 10.0 Å². The number of likely N-dealkylation sites (tertiary alicyclic amines) is 1. The maximum atomic E-state index is 12.9. The molecule has 2 N–H and O–H groups in total. The van der Waals surface area contributed by atoms with E-state index in [4.69, 9.17) is 9.90 Å². The van der Waals surface area contributed by atoms with Gasteiger partial charge in [0.15, 0.2) is 0 Å². The first-order valence-corrected chi connectivity index (χ1v) is 13.5. The number of piperidine rings is 1. The number of hydrogen-bond acceptors (Lipinski definition) is 7. The third-order valence-corrected chi connectivity index (χ3v) is 8.19. The maximum Gasteiger partial charge on any atom is 0.490 e. The van der Waals surface area contributed by atoms with Gasteiger partial charge < -0.3 is 20.2 Å². The number of sulfonamides is 1. The van der Waals surface area contributed by atoms with Crippen molar-refractivity contribution >= 4 is 33.2 Å². The van der Waals surface area contributed by atoms with Gasteiger partial charge in [-0.05, 0) is 37.4 Å². The van der Waals surface area contributed by atoms with E-state index >= 15 is 0 Å². The Balaban J connectivity index is 0.000000509. The van der Waals surface area contributed by atoms with E-state index in [0.717, 1.165) is 19.6 Å². The lowest BCUT2D eigenvalue weighted by molar-refractivity contribution is -0.192. The monoisotopic (exact) mass is 528 g/mol. The van der Waals surface area contributed by atoms with Crippen molar-refractivity contribution in [2.45, 2.75) is 25.4 Å².